The Labute approximate surface area is 467 Å². The molecule has 0 aliphatic carbocycles. The van der Waals surface area contributed by atoms with Gasteiger partial charge in [-0.05, 0) is 83.5 Å². The highest BCUT2D eigenvalue weighted by Gasteiger charge is 2.18. The summed E-state index contributed by atoms with van der Waals surface area (Å²) in [5.41, 5.74) is 0. The van der Waals surface area contributed by atoms with Crippen molar-refractivity contribution in [3.05, 3.63) is 48.6 Å². The first kappa shape index (κ1) is 72.8. The molecule has 6 nitrogen and oxygen atoms in total. The van der Waals surface area contributed by atoms with Crippen LogP contribution < -0.4 is 5.32 Å². The van der Waals surface area contributed by atoms with Gasteiger partial charge in [0.15, 0.2) is 0 Å². The smallest absolute Gasteiger partial charge is 0.305 e. The normalized spacial score (nSPS) is 12.9. The van der Waals surface area contributed by atoms with Crippen LogP contribution in [-0.4, -0.2) is 47.4 Å². The molecule has 0 bridgehead atoms. The fraction of sp³-hybridized carbons (Fsp3) is 0.855. The van der Waals surface area contributed by atoms with E-state index in [9.17, 15) is 19.8 Å². The molecule has 0 rings (SSSR count). The van der Waals surface area contributed by atoms with Gasteiger partial charge in [0.25, 0.3) is 0 Å². The molecule has 0 aromatic carbocycles. The van der Waals surface area contributed by atoms with Gasteiger partial charge in [-0.3, -0.25) is 9.59 Å². The number of aliphatic hydroxyl groups is 2. The summed E-state index contributed by atoms with van der Waals surface area (Å²) >= 11 is 0. The van der Waals surface area contributed by atoms with E-state index in [0.29, 0.717) is 19.4 Å². The molecule has 0 heterocycles. The molecule has 0 radical (unpaired) electrons. The molecule has 0 fully saturated rings. The number of carbonyl (C=O) groups excluding carboxylic acids is 2. The largest absolute Gasteiger partial charge is 0.466 e. The highest BCUT2D eigenvalue weighted by atomic mass is 16.5. The average Bonchev–Trinajstić information content (AvgIpc) is 3.41. The van der Waals surface area contributed by atoms with Crippen LogP contribution in [0.1, 0.15) is 354 Å². The topological polar surface area (TPSA) is 95.9 Å². The monoisotopic (exact) mass is 1050 g/mol. The molecule has 75 heavy (non-hydrogen) atoms. The van der Waals surface area contributed by atoms with Crippen LogP contribution in [0.25, 0.3) is 0 Å². The summed E-state index contributed by atoms with van der Waals surface area (Å²) in [6.45, 7) is 4.87. The summed E-state index contributed by atoms with van der Waals surface area (Å²) in [6.07, 6.45) is 83.1. The SMILES string of the molecule is CCCC/C=C\C/C=C\CCCCCCCC(=O)OCCCCCCCCCCCCCC/C=C\CCCCCCCCCC(=O)NC(CO)C(O)/C=C/CCCCCCCCCCCCCCCCCCCCC. The van der Waals surface area contributed by atoms with Crippen molar-refractivity contribution in [2.45, 2.75) is 366 Å². The Bertz CT molecular complexity index is 1260. The van der Waals surface area contributed by atoms with E-state index in [4.69, 9.17) is 4.74 Å². The number of ether oxygens (including phenoxy) is 1. The number of hydrogen-bond acceptors (Lipinski definition) is 5. The van der Waals surface area contributed by atoms with E-state index in [1.165, 1.54) is 270 Å². The maximum atomic E-state index is 12.5. The maximum Gasteiger partial charge on any atom is 0.305 e. The molecule has 0 aromatic rings. The first-order chi connectivity index (χ1) is 37.0. The van der Waals surface area contributed by atoms with Crippen LogP contribution in [0.2, 0.25) is 0 Å². The third-order valence-corrected chi connectivity index (χ3v) is 15.3. The molecule has 1 amide bonds. The van der Waals surface area contributed by atoms with E-state index in [0.717, 1.165) is 57.8 Å². The van der Waals surface area contributed by atoms with Gasteiger partial charge in [-0.25, -0.2) is 0 Å². The number of esters is 1. The van der Waals surface area contributed by atoms with Crippen molar-refractivity contribution in [1.29, 1.82) is 0 Å². The molecule has 440 valence electrons. The van der Waals surface area contributed by atoms with E-state index in [-0.39, 0.29) is 18.5 Å². The second kappa shape index (κ2) is 64.3. The average molecular weight is 1050 g/mol. The van der Waals surface area contributed by atoms with Crippen molar-refractivity contribution in [2.24, 2.45) is 0 Å². The van der Waals surface area contributed by atoms with Gasteiger partial charge < -0.3 is 20.3 Å². The van der Waals surface area contributed by atoms with Crippen molar-refractivity contribution in [1.82, 2.24) is 5.32 Å². The second-order valence-electron chi connectivity index (χ2n) is 22.8. The van der Waals surface area contributed by atoms with Gasteiger partial charge in [0.1, 0.15) is 0 Å². The minimum absolute atomic E-state index is 0.00367. The number of carbonyl (C=O) groups is 2. The third kappa shape index (κ3) is 60.9. The minimum atomic E-state index is -0.850. The highest BCUT2D eigenvalue weighted by Crippen LogP contribution is 2.17. The minimum Gasteiger partial charge on any atom is -0.466 e. The molecule has 2 unspecified atom stereocenters. The van der Waals surface area contributed by atoms with E-state index in [2.05, 4.69) is 55.6 Å². The van der Waals surface area contributed by atoms with Crippen molar-refractivity contribution in [3.8, 4) is 0 Å². The number of allylic oxidation sites excluding steroid dienone is 7. The molecular formula is C69H129NO5. The highest BCUT2D eigenvalue weighted by molar-refractivity contribution is 5.76. The molecule has 0 aliphatic heterocycles. The molecule has 0 spiro atoms. The number of aliphatic hydroxyl groups excluding tert-OH is 2. The third-order valence-electron chi connectivity index (χ3n) is 15.3. The molecule has 3 N–H and O–H groups in total. The Morgan fingerprint density at radius 3 is 1.07 bits per heavy atom. The second-order valence-corrected chi connectivity index (χ2v) is 22.8. The zero-order valence-electron chi connectivity index (χ0n) is 50.3. The van der Waals surface area contributed by atoms with Crippen molar-refractivity contribution in [3.63, 3.8) is 0 Å². The van der Waals surface area contributed by atoms with Crippen molar-refractivity contribution in [2.75, 3.05) is 13.2 Å². The Balaban J connectivity index is 3.45. The van der Waals surface area contributed by atoms with Gasteiger partial charge in [-0.1, -0.05) is 306 Å². The zero-order chi connectivity index (χ0) is 54.3. The first-order valence-corrected chi connectivity index (χ1v) is 33.4. The predicted molar refractivity (Wildman–Crippen MR) is 329 cm³/mol. The summed E-state index contributed by atoms with van der Waals surface area (Å²) in [5.74, 6) is -0.0756. The Kier molecular flexibility index (Phi) is 62.5. The van der Waals surface area contributed by atoms with Crippen molar-refractivity contribution < 1.29 is 24.5 Å². The zero-order valence-corrected chi connectivity index (χ0v) is 50.3. The van der Waals surface area contributed by atoms with Crippen LogP contribution in [0, 0.1) is 0 Å². The lowest BCUT2D eigenvalue weighted by atomic mass is 10.0. The molecule has 0 saturated heterocycles. The number of nitrogens with one attached hydrogen (secondary N) is 1. The van der Waals surface area contributed by atoms with Crippen LogP contribution in [0.4, 0.5) is 0 Å². The number of hydrogen-bond donors (Lipinski definition) is 3. The van der Waals surface area contributed by atoms with E-state index in [1.54, 1.807) is 6.08 Å². The van der Waals surface area contributed by atoms with Crippen molar-refractivity contribution >= 4 is 11.9 Å². The predicted octanol–water partition coefficient (Wildman–Crippen LogP) is 21.3. The number of rotatable bonds is 62. The van der Waals surface area contributed by atoms with Crippen LogP contribution in [-0.2, 0) is 14.3 Å². The maximum absolute atomic E-state index is 12.5. The molecular weight excluding hydrogens is 923 g/mol. The Morgan fingerprint density at radius 2 is 0.680 bits per heavy atom. The Hall–Kier alpha value is -2.18. The van der Waals surface area contributed by atoms with E-state index in [1.807, 2.05) is 6.08 Å². The summed E-state index contributed by atoms with van der Waals surface area (Å²) < 4.78 is 5.47. The van der Waals surface area contributed by atoms with E-state index < -0.39 is 12.1 Å². The van der Waals surface area contributed by atoms with Crippen LogP contribution in [0.3, 0.4) is 0 Å². The summed E-state index contributed by atoms with van der Waals surface area (Å²) in [4.78, 5) is 24.6. The van der Waals surface area contributed by atoms with Crippen LogP contribution in [0.5, 0.6) is 0 Å². The van der Waals surface area contributed by atoms with Gasteiger partial charge in [-0.2, -0.15) is 0 Å². The molecule has 0 aliphatic rings. The molecule has 6 heteroatoms. The first-order valence-electron chi connectivity index (χ1n) is 33.4. The summed E-state index contributed by atoms with van der Waals surface area (Å²) in [7, 11) is 0. The molecule has 0 saturated carbocycles. The standard InChI is InChI=1S/C69H129NO5/c1-3-5-7-9-11-13-15-17-19-20-21-25-28-31-34-37-41-45-49-53-57-61-67(72)66(65-71)70-68(73)62-58-54-50-46-42-38-35-32-29-26-23-22-24-27-30-33-36-40-44-48-52-56-60-64-75-69(74)63-59-55-51-47-43-39-18-16-14-12-10-8-6-4-2/h10,12,16,18,26,29,57,61,66-67,71-72H,3-9,11,13-15,17,19-25,27-28,30-56,58-60,62-65H2,1-2H3,(H,70,73)/b12-10-,18-16-,29-26-,61-57+. The van der Waals surface area contributed by atoms with Gasteiger partial charge in [-0.15, -0.1) is 0 Å². The van der Waals surface area contributed by atoms with Crippen LogP contribution in [0.15, 0.2) is 48.6 Å². The van der Waals surface area contributed by atoms with E-state index >= 15 is 0 Å². The summed E-state index contributed by atoms with van der Waals surface area (Å²) in [5, 5.41) is 23.2. The number of amides is 1. The lowest BCUT2D eigenvalue weighted by Gasteiger charge is -2.20. The van der Waals surface area contributed by atoms with Gasteiger partial charge >= 0.3 is 5.97 Å². The molecule has 2 atom stereocenters. The molecule has 0 aromatic heterocycles. The fourth-order valence-electron chi connectivity index (χ4n) is 10.2. The lowest BCUT2D eigenvalue weighted by molar-refractivity contribution is -0.143. The number of unbranched alkanes of at least 4 members (excludes halogenated alkanes) is 45. The summed E-state index contributed by atoms with van der Waals surface area (Å²) in [6, 6.07) is -0.634. The van der Waals surface area contributed by atoms with Gasteiger partial charge in [0.05, 0.1) is 25.4 Å². The van der Waals surface area contributed by atoms with Crippen LogP contribution >= 0.6 is 0 Å². The fourth-order valence-corrected chi connectivity index (χ4v) is 10.2. The van der Waals surface area contributed by atoms with Gasteiger partial charge in [0, 0.05) is 12.8 Å². The van der Waals surface area contributed by atoms with Gasteiger partial charge in [0.2, 0.25) is 5.91 Å². The Morgan fingerprint density at radius 1 is 0.373 bits per heavy atom. The quantitative estimate of drug-likeness (QED) is 0.0320. The lowest BCUT2D eigenvalue weighted by Crippen LogP contribution is -2.45.